The Morgan fingerprint density at radius 1 is 1.23 bits per heavy atom. The second kappa shape index (κ2) is 13.2. The molecule has 2 atom stereocenters. The van der Waals surface area contributed by atoms with E-state index in [9.17, 15) is 4.79 Å². The summed E-state index contributed by atoms with van der Waals surface area (Å²) in [4.78, 5) is 14.8. The molecule has 0 aromatic heterocycles. The van der Waals surface area contributed by atoms with E-state index in [1.807, 2.05) is 24.3 Å². The predicted octanol–water partition coefficient (Wildman–Crippen LogP) is 3.71. The number of carbonyl (C=O) groups excluding carboxylic acids is 1. The Bertz CT molecular complexity index is 527. The van der Waals surface area contributed by atoms with Gasteiger partial charge in [-0.15, -0.1) is 24.8 Å². The van der Waals surface area contributed by atoms with E-state index in [-0.39, 0.29) is 42.7 Å². The molecular formula is C19H33Cl2N3O2. The molecule has 2 unspecified atom stereocenters. The van der Waals surface area contributed by atoms with Crippen molar-refractivity contribution in [2.75, 3.05) is 31.6 Å². The molecule has 1 aliphatic rings. The number of likely N-dealkylation sites (N-methyl/N-ethyl adjacent to an activating group) is 1. The first-order chi connectivity index (χ1) is 11.6. The molecule has 1 amide bonds. The van der Waals surface area contributed by atoms with Crippen molar-refractivity contribution in [3.05, 3.63) is 24.3 Å². The van der Waals surface area contributed by atoms with Crippen LogP contribution in [0.4, 0.5) is 5.69 Å². The van der Waals surface area contributed by atoms with Gasteiger partial charge in [-0.05, 0) is 44.5 Å². The highest BCUT2D eigenvalue weighted by Gasteiger charge is 2.25. The van der Waals surface area contributed by atoms with Crippen molar-refractivity contribution in [2.45, 2.75) is 45.6 Å². The number of benzene rings is 1. The topological polar surface area (TPSA) is 67.6 Å². The Kier molecular flexibility index (Phi) is 12.7. The van der Waals surface area contributed by atoms with Crippen LogP contribution in [0.1, 0.15) is 39.5 Å². The summed E-state index contributed by atoms with van der Waals surface area (Å²) < 4.78 is 5.90. The highest BCUT2D eigenvalue weighted by atomic mass is 35.5. The lowest BCUT2D eigenvalue weighted by Crippen LogP contribution is -2.34. The van der Waals surface area contributed by atoms with Crippen molar-refractivity contribution in [1.82, 2.24) is 4.90 Å². The Hall–Kier alpha value is -1.01. The molecule has 0 bridgehead atoms. The minimum Gasteiger partial charge on any atom is -0.490 e. The van der Waals surface area contributed by atoms with Gasteiger partial charge in [-0.3, -0.25) is 4.79 Å². The summed E-state index contributed by atoms with van der Waals surface area (Å²) in [6.45, 7) is 7.81. The SMILES string of the molecule is CCN(CC)CCOc1ccccc1NC(=O)C1CCCC(N)C1.Cl.Cl. The van der Waals surface area contributed by atoms with Crippen LogP contribution in [0.5, 0.6) is 5.75 Å². The first-order valence-corrected chi connectivity index (χ1v) is 9.14. The van der Waals surface area contributed by atoms with Gasteiger partial charge in [-0.25, -0.2) is 0 Å². The van der Waals surface area contributed by atoms with E-state index in [0.29, 0.717) is 6.61 Å². The number of para-hydroxylation sites is 2. The zero-order valence-electron chi connectivity index (χ0n) is 15.8. The second-order valence-corrected chi connectivity index (χ2v) is 6.48. The smallest absolute Gasteiger partial charge is 0.227 e. The highest BCUT2D eigenvalue weighted by molar-refractivity contribution is 5.94. The van der Waals surface area contributed by atoms with Crippen LogP contribution in [0.15, 0.2) is 24.3 Å². The number of rotatable bonds is 8. The molecule has 1 aliphatic carbocycles. The fourth-order valence-corrected chi connectivity index (χ4v) is 3.22. The number of amides is 1. The van der Waals surface area contributed by atoms with E-state index in [1.54, 1.807) is 0 Å². The number of carbonyl (C=O) groups is 1. The Morgan fingerprint density at radius 3 is 2.58 bits per heavy atom. The van der Waals surface area contributed by atoms with Gasteiger partial charge >= 0.3 is 0 Å². The van der Waals surface area contributed by atoms with Gasteiger partial charge in [-0.1, -0.05) is 32.4 Å². The van der Waals surface area contributed by atoms with E-state index in [1.165, 1.54) is 0 Å². The second-order valence-electron chi connectivity index (χ2n) is 6.48. The largest absolute Gasteiger partial charge is 0.490 e. The van der Waals surface area contributed by atoms with Gasteiger partial charge in [0.05, 0.1) is 5.69 Å². The maximum absolute atomic E-state index is 12.5. The molecule has 0 heterocycles. The molecule has 1 saturated carbocycles. The van der Waals surface area contributed by atoms with Crippen LogP contribution in [-0.2, 0) is 4.79 Å². The maximum atomic E-state index is 12.5. The fraction of sp³-hybridized carbons (Fsp3) is 0.632. The number of halogens is 2. The monoisotopic (exact) mass is 405 g/mol. The number of hydrogen-bond acceptors (Lipinski definition) is 4. The lowest BCUT2D eigenvalue weighted by molar-refractivity contribution is -0.120. The first kappa shape index (κ1) is 25.0. The first-order valence-electron chi connectivity index (χ1n) is 9.14. The Labute approximate surface area is 169 Å². The van der Waals surface area contributed by atoms with Crippen LogP contribution in [0, 0.1) is 5.92 Å². The average molecular weight is 406 g/mol. The summed E-state index contributed by atoms with van der Waals surface area (Å²) in [6, 6.07) is 7.80. The lowest BCUT2D eigenvalue weighted by atomic mass is 9.85. The Balaban J connectivity index is 0.00000312. The molecule has 0 aliphatic heterocycles. The number of nitrogens with two attached hydrogens (primary N) is 1. The number of nitrogens with one attached hydrogen (secondary N) is 1. The molecule has 1 aromatic rings. The predicted molar refractivity (Wildman–Crippen MR) is 113 cm³/mol. The van der Waals surface area contributed by atoms with E-state index < -0.39 is 0 Å². The van der Waals surface area contributed by atoms with Crippen molar-refractivity contribution in [1.29, 1.82) is 0 Å². The zero-order valence-corrected chi connectivity index (χ0v) is 17.4. The third-order valence-electron chi connectivity index (χ3n) is 4.79. The molecular weight excluding hydrogens is 373 g/mol. The number of hydrogen-bond donors (Lipinski definition) is 2. The summed E-state index contributed by atoms with van der Waals surface area (Å²) in [7, 11) is 0. The molecule has 0 spiro atoms. The minimum absolute atomic E-state index is 0. The molecule has 7 heteroatoms. The van der Waals surface area contributed by atoms with Gasteiger partial charge < -0.3 is 20.7 Å². The van der Waals surface area contributed by atoms with E-state index in [2.05, 4.69) is 24.1 Å². The van der Waals surface area contributed by atoms with Crippen molar-refractivity contribution in [3.8, 4) is 5.75 Å². The van der Waals surface area contributed by atoms with Crippen molar-refractivity contribution < 1.29 is 9.53 Å². The van der Waals surface area contributed by atoms with Gasteiger partial charge in [0.1, 0.15) is 12.4 Å². The maximum Gasteiger partial charge on any atom is 0.227 e. The Morgan fingerprint density at radius 2 is 1.92 bits per heavy atom. The molecule has 26 heavy (non-hydrogen) atoms. The molecule has 0 saturated heterocycles. The summed E-state index contributed by atoms with van der Waals surface area (Å²) in [5.74, 6) is 0.806. The quantitative estimate of drug-likeness (QED) is 0.691. The molecule has 2 rings (SSSR count). The summed E-state index contributed by atoms with van der Waals surface area (Å²) in [6.07, 6.45) is 3.75. The average Bonchev–Trinajstić information content (AvgIpc) is 2.60. The van der Waals surface area contributed by atoms with Crippen LogP contribution in [0.25, 0.3) is 0 Å². The van der Waals surface area contributed by atoms with E-state index in [4.69, 9.17) is 10.5 Å². The third kappa shape index (κ3) is 7.70. The van der Waals surface area contributed by atoms with Gasteiger partial charge in [0.2, 0.25) is 5.91 Å². The molecule has 5 nitrogen and oxygen atoms in total. The minimum atomic E-state index is 0. The van der Waals surface area contributed by atoms with Gasteiger partial charge in [-0.2, -0.15) is 0 Å². The van der Waals surface area contributed by atoms with Crippen LogP contribution in [0.2, 0.25) is 0 Å². The van der Waals surface area contributed by atoms with E-state index >= 15 is 0 Å². The summed E-state index contributed by atoms with van der Waals surface area (Å²) in [5.41, 5.74) is 6.75. The zero-order chi connectivity index (χ0) is 17.4. The van der Waals surface area contributed by atoms with Gasteiger partial charge in [0, 0.05) is 18.5 Å². The third-order valence-corrected chi connectivity index (χ3v) is 4.79. The molecule has 0 radical (unpaired) electrons. The van der Waals surface area contributed by atoms with Crippen molar-refractivity contribution >= 4 is 36.4 Å². The summed E-state index contributed by atoms with van der Waals surface area (Å²) in [5, 5.41) is 3.03. The number of ether oxygens (including phenoxy) is 1. The standard InChI is InChI=1S/C19H31N3O2.2ClH/c1-3-22(4-2)12-13-24-18-11-6-5-10-17(18)21-19(23)15-8-7-9-16(20)14-15;;/h5-6,10-11,15-16H,3-4,7-9,12-14,20H2,1-2H3,(H,21,23);2*1H. The van der Waals surface area contributed by atoms with Gasteiger partial charge in [0.15, 0.2) is 0 Å². The van der Waals surface area contributed by atoms with Crippen LogP contribution in [-0.4, -0.2) is 43.1 Å². The van der Waals surface area contributed by atoms with Crippen molar-refractivity contribution in [3.63, 3.8) is 0 Å². The van der Waals surface area contributed by atoms with Crippen LogP contribution in [0.3, 0.4) is 0 Å². The van der Waals surface area contributed by atoms with Crippen LogP contribution < -0.4 is 15.8 Å². The lowest BCUT2D eigenvalue weighted by Gasteiger charge is -2.26. The molecule has 150 valence electrons. The normalized spacial score (nSPS) is 19.2. The molecule has 1 aromatic carbocycles. The number of anilines is 1. The van der Waals surface area contributed by atoms with E-state index in [0.717, 1.165) is 56.8 Å². The number of nitrogens with zero attached hydrogens (tertiary/aromatic N) is 1. The van der Waals surface area contributed by atoms with Crippen molar-refractivity contribution in [2.24, 2.45) is 11.7 Å². The highest BCUT2D eigenvalue weighted by Crippen LogP contribution is 2.28. The van der Waals surface area contributed by atoms with Crippen LogP contribution >= 0.6 is 24.8 Å². The molecule has 3 N–H and O–H groups in total. The van der Waals surface area contributed by atoms with Gasteiger partial charge in [0.25, 0.3) is 0 Å². The summed E-state index contributed by atoms with van der Waals surface area (Å²) >= 11 is 0. The fourth-order valence-electron chi connectivity index (χ4n) is 3.22. The molecule has 1 fully saturated rings.